The Morgan fingerprint density at radius 3 is 3.00 bits per heavy atom. The van der Waals surface area contributed by atoms with E-state index < -0.39 is 0 Å². The minimum Gasteiger partial charge on any atom is -0.380 e. The monoisotopic (exact) mass is 253 g/mol. The maximum atomic E-state index is 3.63. The molecule has 1 aromatic rings. The number of nitrogens with one attached hydrogen (secondary N) is 1. The summed E-state index contributed by atoms with van der Waals surface area (Å²) in [4.78, 5) is 0. The zero-order valence-electron chi connectivity index (χ0n) is 8.73. The highest BCUT2D eigenvalue weighted by Gasteiger charge is 2.26. The average Bonchev–Trinajstić information content (AvgIpc) is 2.17. The van der Waals surface area contributed by atoms with E-state index >= 15 is 0 Å². The molecule has 2 heteroatoms. The molecule has 0 aromatic heterocycles. The Labute approximate surface area is 94.0 Å². The summed E-state index contributed by atoms with van der Waals surface area (Å²) in [6.45, 7) is 4.55. The number of anilines is 1. The van der Waals surface area contributed by atoms with Crippen LogP contribution >= 0.6 is 15.9 Å². The maximum Gasteiger partial charge on any atom is 0.0388 e. The lowest BCUT2D eigenvalue weighted by Gasteiger charge is -2.36. The third-order valence-electron chi connectivity index (χ3n) is 3.23. The molecule has 0 amide bonds. The first kappa shape index (κ1) is 10.0. The summed E-state index contributed by atoms with van der Waals surface area (Å²) in [7, 11) is 0. The fourth-order valence-corrected chi connectivity index (χ4v) is 2.31. The molecule has 1 N–H and O–H groups in total. The van der Waals surface area contributed by atoms with Crippen molar-refractivity contribution in [2.45, 2.75) is 38.6 Å². The molecule has 1 nitrogen and oxygen atoms in total. The quantitative estimate of drug-likeness (QED) is 0.799. The normalized spacial score (nSPS) is 25.4. The van der Waals surface area contributed by atoms with Crippen LogP contribution in [0.2, 0.25) is 0 Å². The van der Waals surface area contributed by atoms with E-state index in [-0.39, 0.29) is 5.54 Å². The highest BCUT2D eigenvalue weighted by atomic mass is 79.9. The molecule has 1 heterocycles. The predicted octanol–water partition coefficient (Wildman–Crippen LogP) is 3.98. The number of fused-ring (bicyclic) bond motifs is 1. The second-order valence-electron chi connectivity index (χ2n) is 4.34. The summed E-state index contributed by atoms with van der Waals surface area (Å²) in [5, 5.41) is 3.63. The molecule has 76 valence electrons. The topological polar surface area (TPSA) is 12.0 Å². The van der Waals surface area contributed by atoms with Gasteiger partial charge in [0.15, 0.2) is 0 Å². The fraction of sp³-hybridized carbons (Fsp3) is 0.500. The minimum atomic E-state index is 0.286. The van der Waals surface area contributed by atoms with Crippen LogP contribution in [0.4, 0.5) is 5.69 Å². The molecule has 0 saturated heterocycles. The lowest BCUT2D eigenvalue weighted by Crippen LogP contribution is -2.37. The molecule has 2 rings (SSSR count). The first-order valence-electron chi connectivity index (χ1n) is 5.19. The van der Waals surface area contributed by atoms with Crippen molar-refractivity contribution in [3.8, 4) is 0 Å². The number of aryl methyl sites for hydroxylation is 1. The predicted molar refractivity (Wildman–Crippen MR) is 64.8 cm³/mol. The molecule has 1 aliphatic heterocycles. The van der Waals surface area contributed by atoms with Crippen molar-refractivity contribution < 1.29 is 0 Å². The highest BCUT2D eigenvalue weighted by Crippen LogP contribution is 2.33. The van der Waals surface area contributed by atoms with E-state index in [9.17, 15) is 0 Å². The van der Waals surface area contributed by atoms with E-state index in [4.69, 9.17) is 0 Å². The van der Waals surface area contributed by atoms with Crippen LogP contribution in [0.3, 0.4) is 0 Å². The lowest BCUT2D eigenvalue weighted by molar-refractivity contribution is 0.444. The number of rotatable bonds is 1. The Bertz CT molecular complexity index is 348. The van der Waals surface area contributed by atoms with Crippen LogP contribution in [0.5, 0.6) is 0 Å². The van der Waals surface area contributed by atoms with Crippen LogP contribution < -0.4 is 5.32 Å². The van der Waals surface area contributed by atoms with Crippen LogP contribution in [0.1, 0.15) is 32.3 Å². The SMILES string of the molecule is CCC1(C)CCc2ccc(Br)cc2N1. The van der Waals surface area contributed by atoms with E-state index in [0.717, 1.165) is 4.47 Å². The van der Waals surface area contributed by atoms with Gasteiger partial charge >= 0.3 is 0 Å². The van der Waals surface area contributed by atoms with E-state index in [0.29, 0.717) is 0 Å². The van der Waals surface area contributed by atoms with Crippen LogP contribution in [-0.2, 0) is 6.42 Å². The van der Waals surface area contributed by atoms with Crippen molar-refractivity contribution in [1.29, 1.82) is 0 Å². The van der Waals surface area contributed by atoms with Crippen LogP contribution in [0.25, 0.3) is 0 Å². The molecule has 0 radical (unpaired) electrons. The lowest BCUT2D eigenvalue weighted by atomic mass is 9.86. The molecule has 1 atom stereocenters. The summed E-state index contributed by atoms with van der Waals surface area (Å²) < 4.78 is 1.16. The zero-order chi connectivity index (χ0) is 10.2. The van der Waals surface area contributed by atoms with Gasteiger partial charge in [-0.1, -0.05) is 28.9 Å². The molecule has 1 aromatic carbocycles. The Morgan fingerprint density at radius 2 is 2.29 bits per heavy atom. The second kappa shape index (κ2) is 3.58. The Kier molecular flexibility index (Phi) is 2.56. The zero-order valence-corrected chi connectivity index (χ0v) is 10.3. The maximum absolute atomic E-state index is 3.63. The second-order valence-corrected chi connectivity index (χ2v) is 5.26. The average molecular weight is 254 g/mol. The van der Waals surface area contributed by atoms with E-state index in [2.05, 4.69) is 53.3 Å². The summed E-state index contributed by atoms with van der Waals surface area (Å²) >= 11 is 3.51. The minimum absolute atomic E-state index is 0.286. The molecule has 0 spiro atoms. The summed E-state index contributed by atoms with van der Waals surface area (Å²) in [6, 6.07) is 6.51. The Balaban J connectivity index is 2.33. The van der Waals surface area contributed by atoms with Gasteiger partial charge in [0.2, 0.25) is 0 Å². The van der Waals surface area contributed by atoms with Crippen molar-refractivity contribution in [2.24, 2.45) is 0 Å². The molecule has 1 unspecified atom stereocenters. The molecule has 1 aliphatic rings. The van der Waals surface area contributed by atoms with Gasteiger partial charge in [-0.15, -0.1) is 0 Å². The van der Waals surface area contributed by atoms with Crippen LogP contribution in [-0.4, -0.2) is 5.54 Å². The molecular formula is C12H16BrN. The summed E-state index contributed by atoms with van der Waals surface area (Å²) in [5.41, 5.74) is 3.03. The molecule has 0 saturated carbocycles. The number of halogens is 1. The summed E-state index contributed by atoms with van der Waals surface area (Å²) in [6.07, 6.45) is 3.61. The van der Waals surface area contributed by atoms with E-state index in [1.165, 1.54) is 30.5 Å². The third-order valence-corrected chi connectivity index (χ3v) is 3.73. The van der Waals surface area contributed by atoms with Gasteiger partial charge in [-0.2, -0.15) is 0 Å². The fourth-order valence-electron chi connectivity index (χ4n) is 1.95. The standard InChI is InChI=1S/C12H16BrN/c1-3-12(2)7-6-9-4-5-10(13)8-11(9)14-12/h4-5,8,14H,3,6-7H2,1-2H3. The van der Waals surface area contributed by atoms with Crippen LogP contribution in [0.15, 0.2) is 22.7 Å². The first-order chi connectivity index (χ1) is 6.63. The largest absolute Gasteiger partial charge is 0.380 e. The molecule has 0 fully saturated rings. The first-order valence-corrected chi connectivity index (χ1v) is 5.99. The summed E-state index contributed by atoms with van der Waals surface area (Å²) in [5.74, 6) is 0. The van der Waals surface area contributed by atoms with E-state index in [1.54, 1.807) is 0 Å². The van der Waals surface area contributed by atoms with Crippen molar-refractivity contribution in [2.75, 3.05) is 5.32 Å². The molecular weight excluding hydrogens is 238 g/mol. The Hall–Kier alpha value is -0.500. The van der Waals surface area contributed by atoms with Crippen molar-refractivity contribution in [3.63, 3.8) is 0 Å². The van der Waals surface area contributed by atoms with Gasteiger partial charge in [0, 0.05) is 15.7 Å². The van der Waals surface area contributed by atoms with E-state index in [1.807, 2.05) is 0 Å². The van der Waals surface area contributed by atoms with Gasteiger partial charge < -0.3 is 5.32 Å². The number of hydrogen-bond donors (Lipinski definition) is 1. The van der Waals surface area contributed by atoms with Crippen LogP contribution in [0, 0.1) is 0 Å². The van der Waals surface area contributed by atoms with Crippen molar-refractivity contribution >= 4 is 21.6 Å². The highest BCUT2D eigenvalue weighted by molar-refractivity contribution is 9.10. The molecule has 14 heavy (non-hydrogen) atoms. The van der Waals surface area contributed by atoms with Crippen molar-refractivity contribution in [1.82, 2.24) is 0 Å². The van der Waals surface area contributed by atoms with Gasteiger partial charge in [-0.05, 0) is 43.9 Å². The third kappa shape index (κ3) is 1.81. The number of hydrogen-bond acceptors (Lipinski definition) is 1. The van der Waals surface area contributed by atoms with Gasteiger partial charge in [-0.3, -0.25) is 0 Å². The van der Waals surface area contributed by atoms with Gasteiger partial charge in [0.25, 0.3) is 0 Å². The smallest absolute Gasteiger partial charge is 0.0388 e. The Morgan fingerprint density at radius 1 is 1.50 bits per heavy atom. The molecule has 0 aliphatic carbocycles. The van der Waals surface area contributed by atoms with Gasteiger partial charge in [0.05, 0.1) is 0 Å². The van der Waals surface area contributed by atoms with Crippen molar-refractivity contribution in [3.05, 3.63) is 28.2 Å². The number of benzene rings is 1. The van der Waals surface area contributed by atoms with Gasteiger partial charge in [0.1, 0.15) is 0 Å². The molecule has 0 bridgehead atoms. The van der Waals surface area contributed by atoms with Gasteiger partial charge in [-0.25, -0.2) is 0 Å².